The predicted molar refractivity (Wildman–Crippen MR) is 20.1 cm³/mol. The summed E-state index contributed by atoms with van der Waals surface area (Å²) in [5.74, 6) is 2.30. The van der Waals surface area contributed by atoms with Crippen LogP contribution in [-0.2, 0) is 4.74 Å². The minimum absolute atomic E-state index is 1.50. The van der Waals surface area contributed by atoms with Crippen LogP contribution in [0.2, 0.25) is 0 Å². The summed E-state index contributed by atoms with van der Waals surface area (Å²) in [5.41, 5.74) is 0. The van der Waals surface area contributed by atoms with Gasteiger partial charge in [0.15, 0.2) is 0 Å². The topological polar surface area (TPSA) is 9.23 Å². The van der Waals surface area contributed by atoms with Crippen molar-refractivity contribution in [2.45, 2.75) is 0 Å². The molecule has 1 heteroatoms. The summed E-state index contributed by atoms with van der Waals surface area (Å²) in [6, 6.07) is 0. The SMILES string of the molecule is [CH2]C#COC. The lowest BCUT2D eigenvalue weighted by molar-refractivity contribution is 0.372. The number of hydrogen-bond donors (Lipinski definition) is 0. The van der Waals surface area contributed by atoms with E-state index in [2.05, 4.69) is 23.7 Å². The molecule has 0 bridgehead atoms. The normalized spacial score (nSPS) is 4.40. The molecule has 0 aliphatic heterocycles. The zero-order valence-corrected chi connectivity index (χ0v) is 3.12. The second-order valence-electron chi connectivity index (χ2n) is 0.483. The molecule has 0 fully saturated rings. The van der Waals surface area contributed by atoms with Crippen molar-refractivity contribution in [3.63, 3.8) is 0 Å². The highest BCUT2D eigenvalue weighted by Gasteiger charge is 1.43. The molecule has 1 radical (unpaired) electrons. The Morgan fingerprint density at radius 3 is 2.40 bits per heavy atom. The smallest absolute Gasteiger partial charge is 0.109 e. The van der Waals surface area contributed by atoms with Crippen molar-refractivity contribution in [2.24, 2.45) is 0 Å². The Hall–Kier alpha value is -0.640. The highest BCUT2D eigenvalue weighted by atomic mass is 16.5. The van der Waals surface area contributed by atoms with Crippen LogP contribution >= 0.6 is 0 Å². The molecule has 0 unspecified atom stereocenters. The van der Waals surface area contributed by atoms with E-state index in [0.717, 1.165) is 0 Å². The van der Waals surface area contributed by atoms with Gasteiger partial charge in [0.05, 0.1) is 7.11 Å². The number of ether oxygens (including phenoxy) is 1. The van der Waals surface area contributed by atoms with Gasteiger partial charge in [-0.25, -0.2) is 0 Å². The van der Waals surface area contributed by atoms with E-state index < -0.39 is 0 Å². The third kappa shape index (κ3) is 3.36. The van der Waals surface area contributed by atoms with Gasteiger partial charge < -0.3 is 4.74 Å². The van der Waals surface area contributed by atoms with Crippen molar-refractivity contribution in [1.82, 2.24) is 0 Å². The Morgan fingerprint density at radius 1 is 1.80 bits per heavy atom. The standard InChI is InChI=1S/C4H5O/c1-3-4-5-2/h1H2,2H3. The average molecular weight is 69.1 g/mol. The maximum absolute atomic E-state index is 4.27. The van der Waals surface area contributed by atoms with Crippen LogP contribution in [-0.4, -0.2) is 7.11 Å². The lowest BCUT2D eigenvalue weighted by Gasteiger charge is -1.69. The Balaban J connectivity index is 2.81. The minimum atomic E-state index is 1.50. The number of hydrogen-bond acceptors (Lipinski definition) is 1. The van der Waals surface area contributed by atoms with Crippen molar-refractivity contribution >= 4 is 0 Å². The molecule has 0 saturated heterocycles. The fraction of sp³-hybridized carbons (Fsp3) is 0.250. The molecule has 0 spiro atoms. The molecule has 0 amide bonds. The molecule has 0 saturated carbocycles. The lowest BCUT2D eigenvalue weighted by atomic mass is 10.8. The first-order valence-electron chi connectivity index (χ1n) is 1.22. The van der Waals surface area contributed by atoms with Crippen LogP contribution in [0.25, 0.3) is 0 Å². The summed E-state index contributed by atoms with van der Waals surface area (Å²) >= 11 is 0. The van der Waals surface area contributed by atoms with Crippen molar-refractivity contribution in [2.75, 3.05) is 7.11 Å². The molecule has 27 valence electrons. The van der Waals surface area contributed by atoms with Crippen LogP contribution in [0.1, 0.15) is 0 Å². The van der Waals surface area contributed by atoms with Crippen molar-refractivity contribution in [3.05, 3.63) is 6.92 Å². The maximum atomic E-state index is 4.27. The van der Waals surface area contributed by atoms with E-state index in [4.69, 9.17) is 0 Å². The van der Waals surface area contributed by atoms with E-state index in [0.29, 0.717) is 0 Å². The Bertz CT molecular complexity index is 55.8. The van der Waals surface area contributed by atoms with E-state index >= 15 is 0 Å². The molecule has 0 rings (SSSR count). The second kappa shape index (κ2) is 3.36. The summed E-state index contributed by atoms with van der Waals surface area (Å²) in [6.45, 7) is 3.19. The minimum Gasteiger partial charge on any atom is -0.450 e. The van der Waals surface area contributed by atoms with Gasteiger partial charge in [-0.05, 0) is 0 Å². The van der Waals surface area contributed by atoms with Gasteiger partial charge in [-0.3, -0.25) is 0 Å². The summed E-state index contributed by atoms with van der Waals surface area (Å²) in [7, 11) is 1.50. The van der Waals surface area contributed by atoms with Gasteiger partial charge in [-0.2, -0.15) is 0 Å². The van der Waals surface area contributed by atoms with Crippen LogP contribution in [0.5, 0.6) is 0 Å². The highest BCUT2D eigenvalue weighted by Crippen LogP contribution is 1.48. The molecule has 0 aromatic heterocycles. The van der Waals surface area contributed by atoms with Crippen molar-refractivity contribution in [3.8, 4) is 12.0 Å². The summed E-state index contributed by atoms with van der Waals surface area (Å²) in [4.78, 5) is 0. The molecule has 0 aromatic rings. The summed E-state index contributed by atoms with van der Waals surface area (Å²) < 4.78 is 4.27. The van der Waals surface area contributed by atoms with Crippen LogP contribution in [0.4, 0.5) is 0 Å². The van der Waals surface area contributed by atoms with Gasteiger partial charge >= 0.3 is 0 Å². The van der Waals surface area contributed by atoms with Gasteiger partial charge in [-0.1, -0.05) is 5.92 Å². The van der Waals surface area contributed by atoms with Crippen molar-refractivity contribution in [1.29, 1.82) is 0 Å². The molecule has 0 atom stereocenters. The Labute approximate surface area is 31.9 Å². The number of methoxy groups -OCH3 is 1. The average Bonchev–Trinajstić information content (AvgIpc) is 1.41. The first-order valence-corrected chi connectivity index (χ1v) is 1.22. The highest BCUT2D eigenvalue weighted by molar-refractivity contribution is 4.93. The molecular formula is C4H5O. The molecular weight excluding hydrogens is 64.0 g/mol. The quantitative estimate of drug-likeness (QED) is 0.375. The maximum Gasteiger partial charge on any atom is 0.109 e. The predicted octanol–water partition coefficient (Wildman–Crippen LogP) is 0.428. The molecule has 0 heterocycles. The molecule has 0 aliphatic rings. The van der Waals surface area contributed by atoms with Gasteiger partial charge in [0.25, 0.3) is 0 Å². The van der Waals surface area contributed by atoms with Gasteiger partial charge in [-0.15, -0.1) is 0 Å². The summed E-state index contributed by atoms with van der Waals surface area (Å²) in [5, 5.41) is 0. The van der Waals surface area contributed by atoms with Gasteiger partial charge in [0.1, 0.15) is 6.11 Å². The number of rotatable bonds is 0. The van der Waals surface area contributed by atoms with E-state index in [-0.39, 0.29) is 0 Å². The molecule has 1 nitrogen and oxygen atoms in total. The van der Waals surface area contributed by atoms with E-state index in [1.165, 1.54) is 7.11 Å². The van der Waals surface area contributed by atoms with E-state index in [9.17, 15) is 0 Å². The second-order valence-corrected chi connectivity index (χ2v) is 0.483. The third-order valence-corrected chi connectivity index (χ3v) is 0.174. The first-order chi connectivity index (χ1) is 2.41. The fourth-order valence-electron chi connectivity index (χ4n) is 0.0722. The third-order valence-electron chi connectivity index (χ3n) is 0.174. The van der Waals surface area contributed by atoms with Crippen LogP contribution in [0.15, 0.2) is 0 Å². The van der Waals surface area contributed by atoms with E-state index in [1.54, 1.807) is 0 Å². The Kier molecular flexibility index (Phi) is 2.93. The van der Waals surface area contributed by atoms with Crippen LogP contribution in [0, 0.1) is 19.0 Å². The first kappa shape index (κ1) is 4.36. The largest absolute Gasteiger partial charge is 0.450 e. The van der Waals surface area contributed by atoms with Crippen LogP contribution in [0.3, 0.4) is 0 Å². The summed E-state index contributed by atoms with van der Waals surface area (Å²) in [6.07, 6.45) is 2.25. The zero-order chi connectivity index (χ0) is 4.12. The molecule has 0 N–H and O–H groups in total. The van der Waals surface area contributed by atoms with Crippen molar-refractivity contribution < 1.29 is 4.74 Å². The monoisotopic (exact) mass is 69.0 g/mol. The lowest BCUT2D eigenvalue weighted by Crippen LogP contribution is -1.59. The van der Waals surface area contributed by atoms with Gasteiger partial charge in [0, 0.05) is 6.92 Å². The van der Waals surface area contributed by atoms with Crippen LogP contribution < -0.4 is 0 Å². The molecule has 0 aromatic carbocycles. The zero-order valence-electron chi connectivity index (χ0n) is 3.12. The Morgan fingerprint density at radius 2 is 2.40 bits per heavy atom. The molecule has 5 heavy (non-hydrogen) atoms. The van der Waals surface area contributed by atoms with Gasteiger partial charge in [0.2, 0.25) is 0 Å². The fourth-order valence-corrected chi connectivity index (χ4v) is 0.0722. The van der Waals surface area contributed by atoms with E-state index in [1.807, 2.05) is 0 Å². The molecule has 0 aliphatic carbocycles.